The number of furan rings is 1. The van der Waals surface area contributed by atoms with Crippen molar-refractivity contribution in [3.63, 3.8) is 0 Å². The topological polar surface area (TPSA) is 28.4 Å². The summed E-state index contributed by atoms with van der Waals surface area (Å²) in [7, 11) is 2.17. The van der Waals surface area contributed by atoms with Gasteiger partial charge in [-0.3, -0.25) is 0 Å². The second-order valence-corrected chi connectivity index (χ2v) is 6.18. The SMILES string of the molecule is CC(NCCCN(C)Cc1ccccc1)c1ccc(Br)o1. The summed E-state index contributed by atoms with van der Waals surface area (Å²) in [6.45, 7) is 5.19. The number of benzene rings is 1. The molecule has 4 heteroatoms. The van der Waals surface area contributed by atoms with E-state index < -0.39 is 0 Å². The van der Waals surface area contributed by atoms with Gasteiger partial charge < -0.3 is 14.6 Å². The Morgan fingerprint density at radius 3 is 2.62 bits per heavy atom. The first-order chi connectivity index (χ1) is 10.1. The molecule has 0 radical (unpaired) electrons. The Bertz CT molecular complexity index is 527. The number of halogens is 1. The molecule has 1 unspecified atom stereocenters. The first kappa shape index (κ1) is 16.3. The van der Waals surface area contributed by atoms with Crippen molar-refractivity contribution in [2.24, 2.45) is 0 Å². The van der Waals surface area contributed by atoms with E-state index in [9.17, 15) is 0 Å². The molecule has 1 aromatic heterocycles. The Morgan fingerprint density at radius 1 is 1.19 bits per heavy atom. The van der Waals surface area contributed by atoms with Crippen LogP contribution in [0.3, 0.4) is 0 Å². The van der Waals surface area contributed by atoms with Crippen LogP contribution >= 0.6 is 15.9 Å². The van der Waals surface area contributed by atoms with Gasteiger partial charge in [0.1, 0.15) is 5.76 Å². The van der Waals surface area contributed by atoms with E-state index in [-0.39, 0.29) is 6.04 Å². The minimum atomic E-state index is 0.246. The summed E-state index contributed by atoms with van der Waals surface area (Å²) < 4.78 is 6.33. The van der Waals surface area contributed by atoms with Crippen LogP contribution in [0.1, 0.15) is 30.7 Å². The first-order valence-corrected chi connectivity index (χ1v) is 8.15. The average molecular weight is 351 g/mol. The van der Waals surface area contributed by atoms with Gasteiger partial charge in [0.2, 0.25) is 0 Å². The van der Waals surface area contributed by atoms with E-state index in [2.05, 4.69) is 70.4 Å². The van der Waals surface area contributed by atoms with Crippen LogP contribution in [0, 0.1) is 0 Å². The van der Waals surface area contributed by atoms with E-state index >= 15 is 0 Å². The average Bonchev–Trinajstić information content (AvgIpc) is 2.91. The number of hydrogen-bond acceptors (Lipinski definition) is 3. The molecule has 0 saturated carbocycles. The molecule has 1 N–H and O–H groups in total. The predicted molar refractivity (Wildman–Crippen MR) is 90.2 cm³/mol. The summed E-state index contributed by atoms with van der Waals surface area (Å²) >= 11 is 3.33. The predicted octanol–water partition coefficient (Wildman–Crippen LogP) is 4.21. The molecule has 1 aromatic carbocycles. The van der Waals surface area contributed by atoms with Crippen LogP contribution in [-0.4, -0.2) is 25.0 Å². The lowest BCUT2D eigenvalue weighted by Crippen LogP contribution is -2.25. The molecule has 0 amide bonds. The molecule has 0 fully saturated rings. The molecular formula is C17H23BrN2O. The van der Waals surface area contributed by atoms with Crippen molar-refractivity contribution >= 4 is 15.9 Å². The molecule has 0 saturated heterocycles. The van der Waals surface area contributed by atoms with Crippen molar-refractivity contribution < 1.29 is 4.42 Å². The van der Waals surface area contributed by atoms with Gasteiger partial charge >= 0.3 is 0 Å². The molecule has 3 nitrogen and oxygen atoms in total. The third kappa shape index (κ3) is 5.65. The highest BCUT2D eigenvalue weighted by Crippen LogP contribution is 2.19. The molecule has 21 heavy (non-hydrogen) atoms. The zero-order chi connectivity index (χ0) is 15.1. The molecule has 0 aliphatic carbocycles. The highest BCUT2D eigenvalue weighted by Gasteiger charge is 2.08. The van der Waals surface area contributed by atoms with Gasteiger partial charge in [-0.25, -0.2) is 0 Å². The van der Waals surface area contributed by atoms with Gasteiger partial charge in [0, 0.05) is 6.54 Å². The van der Waals surface area contributed by atoms with Gasteiger partial charge in [0.05, 0.1) is 6.04 Å². The minimum Gasteiger partial charge on any atom is -0.453 e. The number of rotatable bonds is 8. The standard InChI is InChI=1S/C17H23BrN2O/c1-14(16-9-10-17(18)21-16)19-11-6-12-20(2)13-15-7-4-3-5-8-15/h3-5,7-10,14,19H,6,11-13H2,1-2H3. The molecule has 0 spiro atoms. The fraction of sp³-hybridized carbons (Fsp3) is 0.412. The maximum absolute atomic E-state index is 5.55. The highest BCUT2D eigenvalue weighted by molar-refractivity contribution is 9.10. The van der Waals surface area contributed by atoms with E-state index in [1.807, 2.05) is 12.1 Å². The lowest BCUT2D eigenvalue weighted by molar-refractivity contribution is 0.314. The number of nitrogens with one attached hydrogen (secondary N) is 1. The van der Waals surface area contributed by atoms with Crippen molar-refractivity contribution in [3.05, 3.63) is 58.5 Å². The summed E-state index contributed by atoms with van der Waals surface area (Å²) in [5.41, 5.74) is 1.36. The van der Waals surface area contributed by atoms with Crippen LogP contribution in [0.5, 0.6) is 0 Å². The summed E-state index contributed by atoms with van der Waals surface area (Å²) in [6.07, 6.45) is 1.12. The van der Waals surface area contributed by atoms with E-state index in [1.54, 1.807) is 0 Å². The third-order valence-corrected chi connectivity index (χ3v) is 3.91. The molecule has 0 aliphatic rings. The second-order valence-electron chi connectivity index (χ2n) is 5.39. The van der Waals surface area contributed by atoms with Gasteiger partial charge in [0.25, 0.3) is 0 Å². The largest absolute Gasteiger partial charge is 0.453 e. The van der Waals surface area contributed by atoms with E-state index in [1.165, 1.54) is 5.56 Å². The Hall–Kier alpha value is -1.10. The van der Waals surface area contributed by atoms with Crippen molar-refractivity contribution in [3.8, 4) is 0 Å². The van der Waals surface area contributed by atoms with Crippen LogP contribution in [0.15, 0.2) is 51.6 Å². The lowest BCUT2D eigenvalue weighted by atomic mass is 10.2. The molecule has 0 bridgehead atoms. The van der Waals surface area contributed by atoms with Gasteiger partial charge in [-0.1, -0.05) is 30.3 Å². The Labute approximate surface area is 135 Å². The van der Waals surface area contributed by atoms with Crippen LogP contribution in [0.4, 0.5) is 0 Å². The molecule has 2 rings (SSSR count). The van der Waals surface area contributed by atoms with Crippen molar-refractivity contribution in [1.29, 1.82) is 0 Å². The molecular weight excluding hydrogens is 328 g/mol. The normalized spacial score (nSPS) is 12.8. The molecule has 0 aliphatic heterocycles. The van der Waals surface area contributed by atoms with Crippen molar-refractivity contribution in [1.82, 2.24) is 10.2 Å². The van der Waals surface area contributed by atoms with Gasteiger partial charge in [-0.2, -0.15) is 0 Å². The van der Waals surface area contributed by atoms with E-state index in [4.69, 9.17) is 4.42 Å². The molecule has 2 aromatic rings. The summed E-state index contributed by atoms with van der Waals surface area (Å²) in [5.74, 6) is 0.972. The third-order valence-electron chi connectivity index (χ3n) is 3.48. The highest BCUT2D eigenvalue weighted by atomic mass is 79.9. The first-order valence-electron chi connectivity index (χ1n) is 7.36. The summed E-state index contributed by atoms with van der Waals surface area (Å²) in [4.78, 5) is 2.35. The molecule has 1 atom stereocenters. The minimum absolute atomic E-state index is 0.246. The summed E-state index contributed by atoms with van der Waals surface area (Å²) in [5, 5.41) is 3.49. The fourth-order valence-corrected chi connectivity index (χ4v) is 2.62. The van der Waals surface area contributed by atoms with Crippen LogP contribution in [0.2, 0.25) is 0 Å². The maximum atomic E-state index is 5.55. The van der Waals surface area contributed by atoms with Crippen molar-refractivity contribution in [2.75, 3.05) is 20.1 Å². The second kappa shape index (κ2) is 8.37. The number of hydrogen-bond donors (Lipinski definition) is 1. The summed E-state index contributed by atoms with van der Waals surface area (Å²) in [6, 6.07) is 14.8. The molecule has 114 valence electrons. The smallest absolute Gasteiger partial charge is 0.169 e. The van der Waals surface area contributed by atoms with Crippen LogP contribution < -0.4 is 5.32 Å². The lowest BCUT2D eigenvalue weighted by Gasteiger charge is -2.17. The Morgan fingerprint density at radius 2 is 1.95 bits per heavy atom. The van der Waals surface area contributed by atoms with E-state index in [0.717, 1.165) is 36.5 Å². The molecule has 1 heterocycles. The van der Waals surface area contributed by atoms with Crippen LogP contribution in [-0.2, 0) is 6.54 Å². The van der Waals surface area contributed by atoms with Gasteiger partial charge in [-0.05, 0) is 67.1 Å². The maximum Gasteiger partial charge on any atom is 0.169 e. The van der Waals surface area contributed by atoms with Gasteiger partial charge in [-0.15, -0.1) is 0 Å². The quantitative estimate of drug-likeness (QED) is 0.722. The van der Waals surface area contributed by atoms with E-state index in [0.29, 0.717) is 0 Å². The van der Waals surface area contributed by atoms with Gasteiger partial charge in [0.15, 0.2) is 4.67 Å². The Balaban J connectivity index is 1.63. The Kier molecular flexibility index (Phi) is 6.49. The monoisotopic (exact) mass is 350 g/mol. The zero-order valence-corrected chi connectivity index (χ0v) is 14.3. The van der Waals surface area contributed by atoms with Crippen molar-refractivity contribution in [2.45, 2.75) is 25.9 Å². The number of nitrogens with zero attached hydrogens (tertiary/aromatic N) is 1. The fourth-order valence-electron chi connectivity index (χ4n) is 2.30. The zero-order valence-electron chi connectivity index (χ0n) is 12.7. The van der Waals surface area contributed by atoms with Crippen LogP contribution in [0.25, 0.3) is 0 Å².